The van der Waals surface area contributed by atoms with E-state index in [2.05, 4.69) is 29.8 Å². The zero-order chi connectivity index (χ0) is 26.9. The Morgan fingerprint density at radius 3 is 2.19 bits per heavy atom. The normalized spacial score (nSPS) is 11.8. The minimum atomic E-state index is -0.779. The number of anilines is 1. The third kappa shape index (κ3) is 13.8. The molecule has 0 spiro atoms. The van der Waals surface area contributed by atoms with Crippen molar-refractivity contribution in [2.75, 3.05) is 31.6 Å². The van der Waals surface area contributed by atoms with Crippen molar-refractivity contribution < 1.29 is 28.7 Å². The van der Waals surface area contributed by atoms with E-state index in [0.717, 1.165) is 18.4 Å². The second kappa shape index (κ2) is 17.4. The quantitative estimate of drug-likeness (QED) is 0.187. The molecule has 0 aliphatic rings. The van der Waals surface area contributed by atoms with Crippen LogP contribution in [-0.2, 0) is 35.3 Å². The van der Waals surface area contributed by atoms with Crippen molar-refractivity contribution in [3.05, 3.63) is 29.8 Å². The molecule has 1 aromatic carbocycles. The third-order valence-electron chi connectivity index (χ3n) is 5.18. The number of unbranched alkanes of at least 4 members (excludes halogenated alkanes) is 1. The molecule has 10 nitrogen and oxygen atoms in total. The molecule has 0 heterocycles. The number of hydrogen-bond acceptors (Lipinski definition) is 7. The number of carbonyl (C=O) groups is 4. The number of amides is 3. The third-order valence-corrected chi connectivity index (χ3v) is 5.18. The van der Waals surface area contributed by atoms with Gasteiger partial charge in [-0.05, 0) is 55.8 Å². The molecule has 0 fully saturated rings. The van der Waals surface area contributed by atoms with E-state index in [1.54, 1.807) is 38.1 Å². The number of esters is 1. The lowest BCUT2D eigenvalue weighted by Gasteiger charge is -2.19. The summed E-state index contributed by atoms with van der Waals surface area (Å²) in [5.74, 6) is -1.15. The minimum absolute atomic E-state index is 0.152. The molecule has 0 bridgehead atoms. The molecule has 10 heteroatoms. The Kier molecular flexibility index (Phi) is 15.1. The first kappa shape index (κ1) is 31.1. The van der Waals surface area contributed by atoms with E-state index in [0.29, 0.717) is 37.5 Å². The van der Waals surface area contributed by atoms with Crippen LogP contribution in [0.15, 0.2) is 24.3 Å². The Morgan fingerprint density at radius 1 is 0.917 bits per heavy atom. The van der Waals surface area contributed by atoms with E-state index in [-0.39, 0.29) is 43.5 Å². The summed E-state index contributed by atoms with van der Waals surface area (Å²) >= 11 is 0. The second-order valence-corrected chi connectivity index (χ2v) is 9.38. The SMILES string of the molecule is CC(C)CCNC(=O)COCC(=O)N[C@@H](CCCCN)C(=O)Nc1ccc(COC(=O)C(C)C)cc1. The maximum absolute atomic E-state index is 12.8. The first-order chi connectivity index (χ1) is 17.1. The van der Waals surface area contributed by atoms with E-state index >= 15 is 0 Å². The maximum atomic E-state index is 12.8. The van der Waals surface area contributed by atoms with Crippen molar-refractivity contribution in [1.29, 1.82) is 0 Å². The standard InChI is InChI=1S/C26H42N4O6/c1-18(2)12-14-28-23(31)16-35-17-24(32)30-22(7-5-6-13-27)25(33)29-21-10-8-20(9-11-21)15-36-26(34)19(3)4/h8-11,18-19,22H,5-7,12-17,27H2,1-4H3,(H,28,31)(H,29,33)(H,30,32)/t22-/m0/s1. The molecule has 36 heavy (non-hydrogen) atoms. The minimum Gasteiger partial charge on any atom is -0.461 e. The number of rotatable bonds is 17. The topological polar surface area (TPSA) is 149 Å². The molecule has 0 unspecified atom stereocenters. The number of benzene rings is 1. The highest BCUT2D eigenvalue weighted by atomic mass is 16.5. The molecule has 202 valence electrons. The van der Waals surface area contributed by atoms with Crippen LogP contribution in [0.4, 0.5) is 5.69 Å². The summed E-state index contributed by atoms with van der Waals surface area (Å²) in [5, 5.41) is 8.20. The summed E-state index contributed by atoms with van der Waals surface area (Å²) in [4.78, 5) is 48.6. The number of nitrogens with two attached hydrogens (primary N) is 1. The van der Waals surface area contributed by atoms with Crippen LogP contribution in [0.3, 0.4) is 0 Å². The average molecular weight is 507 g/mol. The van der Waals surface area contributed by atoms with Gasteiger partial charge < -0.3 is 31.2 Å². The molecule has 1 atom stereocenters. The first-order valence-electron chi connectivity index (χ1n) is 12.5. The Hall–Kier alpha value is -2.98. The zero-order valence-corrected chi connectivity index (χ0v) is 21.9. The van der Waals surface area contributed by atoms with Gasteiger partial charge in [0.2, 0.25) is 17.7 Å². The van der Waals surface area contributed by atoms with Crippen LogP contribution in [0.25, 0.3) is 0 Å². The molecule has 0 aliphatic heterocycles. The Bertz CT molecular complexity index is 826. The molecule has 0 saturated heterocycles. The summed E-state index contributed by atoms with van der Waals surface area (Å²) in [6, 6.07) is 6.14. The predicted molar refractivity (Wildman–Crippen MR) is 138 cm³/mol. The number of hydrogen-bond donors (Lipinski definition) is 4. The number of ether oxygens (including phenoxy) is 2. The van der Waals surface area contributed by atoms with Gasteiger partial charge in [0.05, 0.1) is 5.92 Å². The highest BCUT2D eigenvalue weighted by Gasteiger charge is 2.21. The monoisotopic (exact) mass is 506 g/mol. The predicted octanol–water partition coefficient (Wildman–Crippen LogP) is 2.12. The van der Waals surface area contributed by atoms with Crippen molar-refractivity contribution in [2.45, 2.75) is 66.0 Å². The van der Waals surface area contributed by atoms with Crippen LogP contribution in [0.1, 0.15) is 58.9 Å². The summed E-state index contributed by atoms with van der Waals surface area (Å²) in [7, 11) is 0. The van der Waals surface area contributed by atoms with Gasteiger partial charge in [0.25, 0.3) is 0 Å². The molecule has 5 N–H and O–H groups in total. The van der Waals surface area contributed by atoms with Crippen molar-refractivity contribution >= 4 is 29.4 Å². The van der Waals surface area contributed by atoms with E-state index < -0.39 is 11.9 Å². The van der Waals surface area contributed by atoms with Gasteiger partial charge in [0.15, 0.2) is 0 Å². The first-order valence-corrected chi connectivity index (χ1v) is 12.5. The summed E-state index contributed by atoms with van der Waals surface area (Å²) in [5.41, 5.74) is 6.90. The Labute approximate surface area is 214 Å². The van der Waals surface area contributed by atoms with Crippen LogP contribution in [0, 0.1) is 11.8 Å². The van der Waals surface area contributed by atoms with Crippen LogP contribution >= 0.6 is 0 Å². The van der Waals surface area contributed by atoms with Gasteiger partial charge in [-0.25, -0.2) is 0 Å². The van der Waals surface area contributed by atoms with Crippen LogP contribution in [0.2, 0.25) is 0 Å². The average Bonchev–Trinajstić information content (AvgIpc) is 2.82. The molecule has 0 radical (unpaired) electrons. The van der Waals surface area contributed by atoms with Crippen molar-refractivity contribution in [3.63, 3.8) is 0 Å². The molecule has 3 amide bonds. The lowest BCUT2D eigenvalue weighted by molar-refractivity contribution is -0.148. The molecule has 0 saturated carbocycles. The maximum Gasteiger partial charge on any atom is 0.308 e. The van der Waals surface area contributed by atoms with Crippen molar-refractivity contribution in [3.8, 4) is 0 Å². The van der Waals surface area contributed by atoms with Gasteiger partial charge in [0.1, 0.15) is 25.9 Å². The molecular weight excluding hydrogens is 464 g/mol. The second-order valence-electron chi connectivity index (χ2n) is 9.38. The fourth-order valence-electron chi connectivity index (χ4n) is 3.02. The van der Waals surface area contributed by atoms with E-state index in [9.17, 15) is 19.2 Å². The van der Waals surface area contributed by atoms with Crippen LogP contribution < -0.4 is 21.7 Å². The van der Waals surface area contributed by atoms with Crippen LogP contribution in [-0.4, -0.2) is 56.0 Å². The Balaban J connectivity index is 2.56. The number of nitrogens with one attached hydrogen (secondary N) is 3. The van der Waals surface area contributed by atoms with Gasteiger partial charge in [-0.15, -0.1) is 0 Å². The van der Waals surface area contributed by atoms with Gasteiger partial charge in [-0.2, -0.15) is 0 Å². The lowest BCUT2D eigenvalue weighted by Crippen LogP contribution is -2.45. The fraction of sp³-hybridized carbons (Fsp3) is 0.615. The summed E-state index contributed by atoms with van der Waals surface area (Å²) < 4.78 is 10.4. The van der Waals surface area contributed by atoms with Crippen molar-refractivity contribution in [2.24, 2.45) is 17.6 Å². The highest BCUT2D eigenvalue weighted by Crippen LogP contribution is 2.13. The van der Waals surface area contributed by atoms with E-state index in [1.807, 2.05) is 0 Å². The smallest absolute Gasteiger partial charge is 0.308 e. The van der Waals surface area contributed by atoms with Crippen LogP contribution in [0.5, 0.6) is 0 Å². The van der Waals surface area contributed by atoms with Gasteiger partial charge >= 0.3 is 5.97 Å². The zero-order valence-electron chi connectivity index (χ0n) is 21.9. The molecule has 0 aromatic heterocycles. The Morgan fingerprint density at radius 2 is 1.58 bits per heavy atom. The largest absolute Gasteiger partial charge is 0.461 e. The van der Waals surface area contributed by atoms with Crippen molar-refractivity contribution in [1.82, 2.24) is 10.6 Å². The fourth-order valence-corrected chi connectivity index (χ4v) is 3.02. The molecule has 1 rings (SSSR count). The highest BCUT2D eigenvalue weighted by molar-refractivity contribution is 5.97. The number of carbonyl (C=O) groups excluding carboxylic acids is 4. The van der Waals surface area contributed by atoms with Gasteiger partial charge in [-0.1, -0.05) is 39.8 Å². The molecular formula is C26H42N4O6. The van der Waals surface area contributed by atoms with Gasteiger partial charge in [0, 0.05) is 12.2 Å². The van der Waals surface area contributed by atoms with E-state index in [4.69, 9.17) is 15.2 Å². The lowest BCUT2D eigenvalue weighted by atomic mass is 10.1. The molecule has 1 aromatic rings. The summed E-state index contributed by atoms with van der Waals surface area (Å²) in [6.45, 7) is 8.29. The summed E-state index contributed by atoms with van der Waals surface area (Å²) in [6.07, 6.45) is 2.65. The molecule has 0 aliphatic carbocycles. The van der Waals surface area contributed by atoms with E-state index in [1.165, 1.54) is 0 Å². The van der Waals surface area contributed by atoms with Gasteiger partial charge in [-0.3, -0.25) is 19.2 Å².